The smallest absolute Gasteiger partial charge is 0.264 e. The summed E-state index contributed by atoms with van der Waals surface area (Å²) in [4.78, 5) is 18.3. The minimum absolute atomic E-state index is 0.0770. The molecular weight excluding hydrogens is 324 g/mol. The lowest BCUT2D eigenvalue weighted by Gasteiger charge is -2.09. The Labute approximate surface area is 144 Å². The summed E-state index contributed by atoms with van der Waals surface area (Å²) in [7, 11) is 0. The fourth-order valence-corrected chi connectivity index (χ4v) is 3.17. The Morgan fingerprint density at radius 1 is 1.38 bits per heavy atom. The number of fused-ring (bicyclic) bond motifs is 1. The van der Waals surface area contributed by atoms with Gasteiger partial charge < -0.3 is 4.74 Å². The number of thiazole rings is 1. The summed E-state index contributed by atoms with van der Waals surface area (Å²) in [5, 5.41) is 6.97. The molecule has 3 rings (SSSR count). The number of nitrogens with zero attached hydrogens (tertiary/aromatic N) is 3. The zero-order chi connectivity index (χ0) is 17.3. The van der Waals surface area contributed by atoms with E-state index in [0.717, 1.165) is 15.5 Å². The fourth-order valence-electron chi connectivity index (χ4n) is 2.27. The molecule has 126 valence electrons. The van der Waals surface area contributed by atoms with E-state index in [2.05, 4.69) is 29.2 Å². The maximum Gasteiger partial charge on any atom is 0.264 e. The van der Waals surface area contributed by atoms with Gasteiger partial charge >= 0.3 is 0 Å². The highest BCUT2D eigenvalue weighted by Gasteiger charge is 2.13. The lowest BCUT2D eigenvalue weighted by atomic mass is 10.0. The highest BCUT2D eigenvalue weighted by Crippen LogP contribution is 2.22. The number of aryl methyl sites for hydroxylation is 2. The summed E-state index contributed by atoms with van der Waals surface area (Å²) in [6.45, 7) is 8.15. The van der Waals surface area contributed by atoms with Gasteiger partial charge in [0.1, 0.15) is 5.75 Å². The first-order valence-electron chi connectivity index (χ1n) is 7.79. The van der Waals surface area contributed by atoms with Gasteiger partial charge in [-0.3, -0.25) is 10.1 Å². The summed E-state index contributed by atoms with van der Waals surface area (Å²) in [5.41, 5.74) is 2.21. The molecule has 3 aromatic rings. The zero-order valence-electron chi connectivity index (χ0n) is 14.2. The molecule has 6 nitrogen and oxygen atoms in total. The number of benzene rings is 1. The third-order valence-electron chi connectivity index (χ3n) is 3.79. The Morgan fingerprint density at radius 2 is 2.17 bits per heavy atom. The van der Waals surface area contributed by atoms with Crippen LogP contribution < -0.4 is 10.1 Å². The van der Waals surface area contributed by atoms with Gasteiger partial charge in [-0.25, -0.2) is 4.52 Å². The first-order valence-corrected chi connectivity index (χ1v) is 8.61. The first kappa shape index (κ1) is 16.4. The van der Waals surface area contributed by atoms with E-state index in [1.54, 1.807) is 15.9 Å². The van der Waals surface area contributed by atoms with Crippen LogP contribution in [0.3, 0.4) is 0 Å². The van der Waals surface area contributed by atoms with Crippen molar-refractivity contribution in [2.45, 2.75) is 33.6 Å². The molecule has 0 aliphatic rings. The Kier molecular flexibility index (Phi) is 4.53. The molecule has 0 bridgehead atoms. The van der Waals surface area contributed by atoms with Crippen LogP contribution in [0.2, 0.25) is 0 Å². The number of aromatic nitrogens is 3. The van der Waals surface area contributed by atoms with Gasteiger partial charge in [0.2, 0.25) is 4.96 Å². The lowest BCUT2D eigenvalue weighted by molar-refractivity contribution is -0.118. The molecule has 7 heteroatoms. The normalized spacial score (nSPS) is 11.2. The Balaban J connectivity index is 1.61. The van der Waals surface area contributed by atoms with E-state index in [4.69, 9.17) is 4.74 Å². The van der Waals surface area contributed by atoms with Crippen LogP contribution >= 0.6 is 11.3 Å². The Morgan fingerprint density at radius 3 is 2.88 bits per heavy atom. The van der Waals surface area contributed by atoms with Gasteiger partial charge in [0, 0.05) is 4.88 Å². The van der Waals surface area contributed by atoms with E-state index in [0.29, 0.717) is 17.6 Å². The van der Waals surface area contributed by atoms with Gasteiger partial charge in [0.25, 0.3) is 11.9 Å². The second-order valence-electron chi connectivity index (χ2n) is 5.94. The SMILES string of the molecule is Cc1sc2nc(NC(=O)COc3cccc(C(C)C)c3)nn2c1C. The number of anilines is 1. The average Bonchev–Trinajstić information content (AvgIpc) is 3.05. The summed E-state index contributed by atoms with van der Waals surface area (Å²) in [5.74, 6) is 1.12. The molecule has 0 saturated heterocycles. The summed E-state index contributed by atoms with van der Waals surface area (Å²) in [6, 6.07) is 7.77. The minimum Gasteiger partial charge on any atom is -0.484 e. The number of carbonyl (C=O) groups excluding carboxylic acids is 1. The molecule has 0 fully saturated rings. The van der Waals surface area contributed by atoms with E-state index >= 15 is 0 Å². The number of rotatable bonds is 5. The zero-order valence-corrected chi connectivity index (χ0v) is 15.0. The molecule has 2 aromatic heterocycles. The average molecular weight is 344 g/mol. The van der Waals surface area contributed by atoms with Crippen molar-refractivity contribution in [2.24, 2.45) is 0 Å². The van der Waals surface area contributed by atoms with Crippen molar-refractivity contribution < 1.29 is 9.53 Å². The van der Waals surface area contributed by atoms with Gasteiger partial charge in [-0.2, -0.15) is 4.98 Å². The van der Waals surface area contributed by atoms with Crippen molar-refractivity contribution in [3.05, 3.63) is 40.4 Å². The van der Waals surface area contributed by atoms with Crippen LogP contribution in [0.15, 0.2) is 24.3 Å². The summed E-state index contributed by atoms with van der Waals surface area (Å²) < 4.78 is 7.30. The van der Waals surface area contributed by atoms with Crippen molar-refractivity contribution in [1.29, 1.82) is 0 Å². The van der Waals surface area contributed by atoms with Crippen molar-refractivity contribution in [3.63, 3.8) is 0 Å². The van der Waals surface area contributed by atoms with Gasteiger partial charge in [0.15, 0.2) is 6.61 Å². The second kappa shape index (κ2) is 6.60. The van der Waals surface area contributed by atoms with E-state index in [1.165, 1.54) is 5.56 Å². The predicted molar refractivity (Wildman–Crippen MR) is 95.0 cm³/mol. The van der Waals surface area contributed by atoms with E-state index < -0.39 is 0 Å². The molecule has 0 spiro atoms. The highest BCUT2D eigenvalue weighted by molar-refractivity contribution is 7.17. The third-order valence-corrected chi connectivity index (χ3v) is 4.84. The maximum absolute atomic E-state index is 12.0. The standard InChI is InChI=1S/C17H20N4O2S/c1-10(2)13-6-5-7-14(8-13)23-9-15(22)18-16-19-17-21(20-16)11(3)12(4)24-17/h5-8,10H,9H2,1-4H3,(H,18,20,22). The quantitative estimate of drug-likeness (QED) is 0.768. The maximum atomic E-state index is 12.0. The van der Waals surface area contributed by atoms with Gasteiger partial charge in [0.05, 0.1) is 5.69 Å². The molecule has 0 saturated carbocycles. The van der Waals surface area contributed by atoms with Crippen molar-refractivity contribution in [1.82, 2.24) is 14.6 Å². The number of amides is 1. The molecule has 0 unspecified atom stereocenters. The highest BCUT2D eigenvalue weighted by atomic mass is 32.1. The topological polar surface area (TPSA) is 68.5 Å². The largest absolute Gasteiger partial charge is 0.484 e. The van der Waals surface area contributed by atoms with E-state index in [1.807, 2.05) is 38.1 Å². The van der Waals surface area contributed by atoms with Crippen LogP contribution in [0, 0.1) is 13.8 Å². The van der Waals surface area contributed by atoms with Crippen molar-refractivity contribution in [2.75, 3.05) is 11.9 Å². The number of carbonyl (C=O) groups is 1. The van der Waals surface area contributed by atoms with Crippen LogP contribution in [0.4, 0.5) is 5.95 Å². The molecule has 1 aromatic carbocycles. The molecule has 0 aliphatic carbocycles. The monoisotopic (exact) mass is 344 g/mol. The van der Waals surface area contributed by atoms with Crippen molar-refractivity contribution in [3.8, 4) is 5.75 Å². The number of hydrogen-bond donors (Lipinski definition) is 1. The molecule has 0 aliphatic heterocycles. The third kappa shape index (κ3) is 3.41. The van der Waals surface area contributed by atoms with Gasteiger partial charge in [-0.15, -0.1) is 5.10 Å². The Hall–Kier alpha value is -2.41. The Bertz CT molecular complexity index is 882. The molecule has 1 N–H and O–H groups in total. The van der Waals surface area contributed by atoms with Crippen molar-refractivity contribution >= 4 is 28.2 Å². The molecule has 1 amide bonds. The minimum atomic E-state index is -0.280. The number of ether oxygens (including phenoxy) is 1. The van der Waals surface area contributed by atoms with E-state index in [-0.39, 0.29) is 12.5 Å². The summed E-state index contributed by atoms with van der Waals surface area (Å²) >= 11 is 1.55. The number of nitrogens with one attached hydrogen (secondary N) is 1. The van der Waals surface area contributed by atoms with E-state index in [9.17, 15) is 4.79 Å². The van der Waals surface area contributed by atoms with Crippen LogP contribution in [-0.4, -0.2) is 27.1 Å². The molecule has 24 heavy (non-hydrogen) atoms. The van der Waals surface area contributed by atoms with Crippen LogP contribution in [0.25, 0.3) is 4.96 Å². The first-order chi connectivity index (χ1) is 11.4. The molecule has 0 radical (unpaired) electrons. The fraction of sp³-hybridized carbons (Fsp3) is 0.353. The number of hydrogen-bond acceptors (Lipinski definition) is 5. The van der Waals surface area contributed by atoms with Crippen LogP contribution in [0.1, 0.15) is 35.9 Å². The van der Waals surface area contributed by atoms with Crippen LogP contribution in [0.5, 0.6) is 5.75 Å². The molecular formula is C17H20N4O2S. The molecule has 2 heterocycles. The summed E-state index contributed by atoms with van der Waals surface area (Å²) in [6.07, 6.45) is 0. The second-order valence-corrected chi connectivity index (χ2v) is 7.12. The van der Waals surface area contributed by atoms with Gasteiger partial charge in [-0.1, -0.05) is 37.3 Å². The lowest BCUT2D eigenvalue weighted by Crippen LogP contribution is -2.21. The van der Waals surface area contributed by atoms with Crippen LogP contribution in [-0.2, 0) is 4.79 Å². The molecule has 0 atom stereocenters. The van der Waals surface area contributed by atoms with Gasteiger partial charge in [-0.05, 0) is 37.5 Å². The predicted octanol–water partition coefficient (Wildman–Crippen LogP) is 3.55.